The summed E-state index contributed by atoms with van der Waals surface area (Å²) in [5.74, 6) is 0.543. The van der Waals surface area contributed by atoms with E-state index in [4.69, 9.17) is 9.15 Å². The molecule has 7 heteroatoms. The Morgan fingerprint density at radius 1 is 0.939 bits per heavy atom. The number of carbonyl (C=O) groups excluding carboxylic acids is 2. The van der Waals surface area contributed by atoms with Gasteiger partial charge in [-0.25, -0.2) is 4.79 Å². The number of methoxy groups -OCH3 is 1. The molecule has 1 N–H and O–H groups in total. The van der Waals surface area contributed by atoms with Crippen LogP contribution < -0.4 is 5.32 Å². The molecule has 0 saturated heterocycles. The lowest BCUT2D eigenvalue weighted by atomic mass is 10.1. The molecule has 2 aromatic carbocycles. The molecule has 1 aromatic heterocycles. The largest absolute Gasteiger partial charge is 0.467 e. The van der Waals surface area contributed by atoms with Gasteiger partial charge in [0.05, 0.1) is 19.4 Å². The molecule has 1 heterocycles. The first-order valence-electron chi connectivity index (χ1n) is 11.0. The van der Waals surface area contributed by atoms with Crippen molar-refractivity contribution in [2.45, 2.75) is 19.9 Å². The summed E-state index contributed by atoms with van der Waals surface area (Å²) in [6, 6.07) is 20.8. The van der Waals surface area contributed by atoms with Crippen LogP contribution in [0.1, 0.15) is 16.9 Å². The first-order valence-corrected chi connectivity index (χ1v) is 11.0. The second kappa shape index (κ2) is 12.5. The number of rotatable bonds is 11. The summed E-state index contributed by atoms with van der Waals surface area (Å²) in [6.07, 6.45) is 2.30. The van der Waals surface area contributed by atoms with Crippen LogP contribution in [0.15, 0.2) is 77.4 Å². The Hall–Kier alpha value is -3.58. The third-order valence-corrected chi connectivity index (χ3v) is 5.27. The summed E-state index contributed by atoms with van der Waals surface area (Å²) >= 11 is 0. The summed E-state index contributed by atoms with van der Waals surface area (Å²) in [5.41, 5.74) is 2.92. The predicted molar refractivity (Wildman–Crippen MR) is 128 cm³/mol. The molecule has 0 radical (unpaired) electrons. The van der Waals surface area contributed by atoms with Crippen LogP contribution >= 0.6 is 0 Å². The summed E-state index contributed by atoms with van der Waals surface area (Å²) in [5, 5.41) is 2.87. The fourth-order valence-corrected chi connectivity index (χ4v) is 3.35. The number of nitrogens with zero attached hydrogens (tertiary/aromatic N) is 2. The third kappa shape index (κ3) is 7.80. The van der Waals surface area contributed by atoms with Gasteiger partial charge in [-0.3, -0.25) is 4.79 Å². The Bertz CT molecular complexity index is 988. The zero-order valence-corrected chi connectivity index (χ0v) is 19.2. The molecule has 3 rings (SSSR count). The van der Waals surface area contributed by atoms with Crippen molar-refractivity contribution >= 4 is 17.6 Å². The number of nitrogens with one attached hydrogen (secondary N) is 1. The van der Waals surface area contributed by atoms with Crippen molar-refractivity contribution in [3.05, 3.63) is 89.9 Å². The molecule has 33 heavy (non-hydrogen) atoms. The number of furan rings is 1. The average Bonchev–Trinajstić information content (AvgIpc) is 3.34. The van der Waals surface area contributed by atoms with Gasteiger partial charge in [-0.2, -0.15) is 0 Å². The second-order valence-electron chi connectivity index (χ2n) is 7.84. The highest BCUT2D eigenvalue weighted by Crippen LogP contribution is 2.12. The molecule has 0 fully saturated rings. The van der Waals surface area contributed by atoms with Crippen LogP contribution in [-0.2, 0) is 22.5 Å². The zero-order chi connectivity index (χ0) is 23.5. The Kier molecular flexibility index (Phi) is 9.08. The molecule has 0 atom stereocenters. The summed E-state index contributed by atoms with van der Waals surface area (Å²) in [6.45, 7) is 3.41. The van der Waals surface area contributed by atoms with Crippen molar-refractivity contribution in [1.29, 1.82) is 0 Å². The monoisotopic (exact) mass is 449 g/mol. The fourth-order valence-electron chi connectivity index (χ4n) is 3.35. The molecule has 3 aromatic rings. The van der Waals surface area contributed by atoms with E-state index < -0.39 is 0 Å². The minimum absolute atomic E-state index is 0.0590. The molecule has 7 nitrogen and oxygen atoms in total. The van der Waals surface area contributed by atoms with Crippen LogP contribution in [0.5, 0.6) is 0 Å². The van der Waals surface area contributed by atoms with Crippen LogP contribution in [0, 0.1) is 6.92 Å². The first-order chi connectivity index (χ1) is 16.0. The first kappa shape index (κ1) is 24.1. The minimum Gasteiger partial charge on any atom is -0.467 e. The van der Waals surface area contributed by atoms with Gasteiger partial charge in [0, 0.05) is 25.9 Å². The van der Waals surface area contributed by atoms with Crippen molar-refractivity contribution in [2.75, 3.05) is 38.7 Å². The van der Waals surface area contributed by atoms with Crippen molar-refractivity contribution in [1.82, 2.24) is 9.80 Å². The Balaban J connectivity index is 1.68. The molecule has 0 saturated carbocycles. The lowest BCUT2D eigenvalue weighted by molar-refractivity contribution is -0.132. The van der Waals surface area contributed by atoms with Crippen molar-refractivity contribution in [3.8, 4) is 0 Å². The van der Waals surface area contributed by atoms with Crippen LogP contribution in [-0.4, -0.2) is 55.1 Å². The van der Waals surface area contributed by atoms with E-state index in [2.05, 4.69) is 5.32 Å². The van der Waals surface area contributed by atoms with E-state index in [1.165, 1.54) is 4.90 Å². The lowest BCUT2D eigenvalue weighted by Crippen LogP contribution is -2.46. The smallest absolute Gasteiger partial charge is 0.322 e. The number of urea groups is 1. The van der Waals surface area contributed by atoms with Crippen LogP contribution in [0.4, 0.5) is 10.5 Å². The number of anilines is 1. The Labute approximate surface area is 194 Å². The normalized spacial score (nSPS) is 10.6. The van der Waals surface area contributed by atoms with Gasteiger partial charge in [0.2, 0.25) is 5.91 Å². The van der Waals surface area contributed by atoms with E-state index in [-0.39, 0.29) is 18.5 Å². The maximum atomic E-state index is 13.3. The SMILES string of the molecule is COCCN(CC(=O)N(CCc1ccccc1)Cc1ccco1)C(=O)Nc1ccc(C)cc1. The van der Waals surface area contributed by atoms with Crippen LogP contribution in [0.25, 0.3) is 0 Å². The number of hydrogen-bond donors (Lipinski definition) is 1. The van der Waals surface area contributed by atoms with Gasteiger partial charge in [0.15, 0.2) is 0 Å². The number of carbonyl (C=O) groups is 2. The van der Waals surface area contributed by atoms with Gasteiger partial charge in [-0.1, -0.05) is 48.0 Å². The highest BCUT2D eigenvalue weighted by molar-refractivity contribution is 5.92. The van der Waals surface area contributed by atoms with E-state index >= 15 is 0 Å². The maximum absolute atomic E-state index is 13.3. The van der Waals surface area contributed by atoms with E-state index in [1.54, 1.807) is 24.3 Å². The second-order valence-corrected chi connectivity index (χ2v) is 7.84. The number of ether oxygens (including phenoxy) is 1. The summed E-state index contributed by atoms with van der Waals surface area (Å²) < 4.78 is 10.6. The molecule has 0 bridgehead atoms. The maximum Gasteiger partial charge on any atom is 0.322 e. The Morgan fingerprint density at radius 2 is 1.70 bits per heavy atom. The third-order valence-electron chi connectivity index (χ3n) is 5.27. The van der Waals surface area contributed by atoms with Crippen LogP contribution in [0.3, 0.4) is 0 Å². The van der Waals surface area contributed by atoms with E-state index in [1.807, 2.05) is 67.6 Å². The zero-order valence-electron chi connectivity index (χ0n) is 19.2. The van der Waals surface area contributed by atoms with Gasteiger partial charge < -0.3 is 24.3 Å². The molecule has 0 aliphatic heterocycles. The number of amides is 3. The fraction of sp³-hybridized carbons (Fsp3) is 0.308. The van der Waals surface area contributed by atoms with Gasteiger partial charge in [0.1, 0.15) is 12.3 Å². The number of aryl methyl sites for hydroxylation is 1. The minimum atomic E-state index is -0.342. The van der Waals surface area contributed by atoms with Crippen molar-refractivity contribution in [3.63, 3.8) is 0 Å². The topological polar surface area (TPSA) is 75.0 Å². The quantitative estimate of drug-likeness (QED) is 0.473. The van der Waals surface area contributed by atoms with E-state index in [0.717, 1.165) is 11.1 Å². The number of benzene rings is 2. The highest BCUT2D eigenvalue weighted by Gasteiger charge is 2.22. The molecule has 3 amide bonds. The molecule has 0 aliphatic carbocycles. The van der Waals surface area contributed by atoms with E-state index in [0.29, 0.717) is 44.1 Å². The van der Waals surface area contributed by atoms with Gasteiger partial charge in [0.25, 0.3) is 0 Å². The Morgan fingerprint density at radius 3 is 2.36 bits per heavy atom. The highest BCUT2D eigenvalue weighted by atomic mass is 16.5. The molecular weight excluding hydrogens is 418 g/mol. The molecule has 174 valence electrons. The summed E-state index contributed by atoms with van der Waals surface area (Å²) in [4.78, 5) is 29.4. The average molecular weight is 450 g/mol. The van der Waals surface area contributed by atoms with Gasteiger partial charge in [-0.05, 0) is 43.2 Å². The van der Waals surface area contributed by atoms with Crippen molar-refractivity contribution < 1.29 is 18.7 Å². The number of hydrogen-bond acceptors (Lipinski definition) is 4. The van der Waals surface area contributed by atoms with Gasteiger partial charge >= 0.3 is 6.03 Å². The van der Waals surface area contributed by atoms with Crippen molar-refractivity contribution in [2.24, 2.45) is 0 Å². The summed E-state index contributed by atoms with van der Waals surface area (Å²) in [7, 11) is 1.57. The standard InChI is InChI=1S/C26H31N3O4/c1-21-10-12-23(13-11-21)27-26(31)29(16-18-32-2)20-25(30)28(19-24-9-6-17-33-24)15-14-22-7-4-3-5-8-22/h3-13,17H,14-16,18-20H2,1-2H3,(H,27,31). The van der Waals surface area contributed by atoms with E-state index in [9.17, 15) is 9.59 Å². The molecule has 0 unspecified atom stereocenters. The molecule has 0 aliphatic rings. The predicted octanol–water partition coefficient (Wildman–Crippen LogP) is 4.34. The van der Waals surface area contributed by atoms with Gasteiger partial charge in [-0.15, -0.1) is 0 Å². The molecular formula is C26H31N3O4. The molecule has 0 spiro atoms. The van der Waals surface area contributed by atoms with Crippen LogP contribution in [0.2, 0.25) is 0 Å². The lowest BCUT2D eigenvalue weighted by Gasteiger charge is -2.27.